The maximum absolute atomic E-state index is 6.51. The summed E-state index contributed by atoms with van der Waals surface area (Å²) in [7, 11) is 0. The highest BCUT2D eigenvalue weighted by atomic mass is 35.5. The third kappa shape index (κ3) is 3.35. The van der Waals surface area contributed by atoms with Gasteiger partial charge in [0.15, 0.2) is 17.5 Å². The van der Waals surface area contributed by atoms with Gasteiger partial charge >= 0.3 is 0 Å². The third-order valence-electron chi connectivity index (χ3n) is 6.42. The predicted octanol–water partition coefficient (Wildman–Crippen LogP) is 8.58. The number of hydrogen-bond acceptors (Lipinski definition) is 4. The van der Waals surface area contributed by atoms with Crippen molar-refractivity contribution in [2.75, 3.05) is 0 Å². The van der Waals surface area contributed by atoms with E-state index in [0.717, 1.165) is 49.4 Å². The van der Waals surface area contributed by atoms with Gasteiger partial charge in [0.1, 0.15) is 11.2 Å². The summed E-state index contributed by atoms with van der Waals surface area (Å²) >= 11 is 6.51. The Balaban J connectivity index is 1.53. The molecule has 2 heterocycles. The van der Waals surface area contributed by atoms with Crippen LogP contribution in [-0.2, 0) is 0 Å². The van der Waals surface area contributed by atoms with Crippen molar-refractivity contribution in [1.82, 2.24) is 15.0 Å². The highest BCUT2D eigenvalue weighted by Crippen LogP contribution is 2.37. The fourth-order valence-electron chi connectivity index (χ4n) is 4.71. The average Bonchev–Trinajstić information content (AvgIpc) is 3.33. The zero-order valence-corrected chi connectivity index (χ0v) is 19.8. The lowest BCUT2D eigenvalue weighted by Crippen LogP contribution is -2.00. The molecule has 0 radical (unpaired) electrons. The lowest BCUT2D eigenvalue weighted by molar-refractivity contribution is 0.669. The van der Waals surface area contributed by atoms with Gasteiger partial charge in [-0.1, -0.05) is 96.5 Å². The van der Waals surface area contributed by atoms with E-state index in [0.29, 0.717) is 22.5 Å². The molecular formula is C31H18ClN3O. The summed E-state index contributed by atoms with van der Waals surface area (Å²) in [4.78, 5) is 14.8. The number of benzene rings is 5. The molecule has 36 heavy (non-hydrogen) atoms. The van der Waals surface area contributed by atoms with Crippen LogP contribution in [0.5, 0.6) is 0 Å². The molecule has 0 aliphatic heterocycles. The van der Waals surface area contributed by atoms with Crippen LogP contribution >= 0.6 is 11.6 Å². The van der Waals surface area contributed by atoms with Crippen molar-refractivity contribution in [3.8, 4) is 34.2 Å². The fraction of sp³-hybridized carbons (Fsp3) is 0. The molecule has 0 amide bonds. The Morgan fingerprint density at radius 1 is 0.472 bits per heavy atom. The summed E-state index contributed by atoms with van der Waals surface area (Å²) in [5, 5.41) is 4.74. The standard InChI is InChI=1S/C31H18ClN3O/c32-26-18-17-24(20-11-4-5-12-21(20)26)30-33-29(19-9-2-1-3-10-19)34-31(35-30)25-15-8-14-23-22-13-6-7-16-27(22)36-28(23)25/h1-18H. The molecule has 0 aliphatic rings. The van der Waals surface area contributed by atoms with Crippen molar-refractivity contribution in [2.24, 2.45) is 0 Å². The fourth-order valence-corrected chi connectivity index (χ4v) is 4.94. The Hall–Kier alpha value is -4.54. The molecule has 0 spiro atoms. The van der Waals surface area contributed by atoms with Gasteiger partial charge in [-0.3, -0.25) is 0 Å². The van der Waals surface area contributed by atoms with Gasteiger partial charge in [0.2, 0.25) is 0 Å². The number of para-hydroxylation sites is 2. The maximum Gasteiger partial charge on any atom is 0.167 e. The molecule has 0 aliphatic carbocycles. The minimum absolute atomic E-state index is 0.558. The molecule has 0 saturated carbocycles. The van der Waals surface area contributed by atoms with E-state index in [-0.39, 0.29) is 0 Å². The van der Waals surface area contributed by atoms with Gasteiger partial charge in [-0.05, 0) is 29.7 Å². The van der Waals surface area contributed by atoms with Crippen LogP contribution in [0, 0.1) is 0 Å². The van der Waals surface area contributed by atoms with E-state index in [1.807, 2.05) is 97.1 Å². The lowest BCUT2D eigenvalue weighted by atomic mass is 10.0. The average molecular weight is 484 g/mol. The van der Waals surface area contributed by atoms with E-state index in [2.05, 4.69) is 12.1 Å². The first-order valence-electron chi connectivity index (χ1n) is 11.7. The molecule has 0 bridgehead atoms. The first-order valence-corrected chi connectivity index (χ1v) is 12.0. The Morgan fingerprint density at radius 3 is 1.94 bits per heavy atom. The summed E-state index contributed by atoms with van der Waals surface area (Å²) in [6.45, 7) is 0. The molecule has 2 aromatic heterocycles. The number of halogens is 1. The SMILES string of the molecule is Clc1ccc(-c2nc(-c3ccccc3)nc(-c3cccc4c3oc3ccccc34)n2)c2ccccc12. The van der Waals surface area contributed by atoms with Gasteiger partial charge in [-0.15, -0.1) is 0 Å². The van der Waals surface area contributed by atoms with Crippen molar-refractivity contribution < 1.29 is 4.42 Å². The summed E-state index contributed by atoms with van der Waals surface area (Å²) in [6, 6.07) is 36.0. The molecule has 5 aromatic carbocycles. The third-order valence-corrected chi connectivity index (χ3v) is 6.75. The van der Waals surface area contributed by atoms with Crippen LogP contribution in [0.4, 0.5) is 0 Å². The predicted molar refractivity (Wildman–Crippen MR) is 146 cm³/mol. The first-order chi connectivity index (χ1) is 17.8. The molecule has 7 aromatic rings. The second kappa shape index (κ2) is 8.29. The summed E-state index contributed by atoms with van der Waals surface area (Å²) in [5.41, 5.74) is 4.23. The maximum atomic E-state index is 6.51. The zero-order valence-electron chi connectivity index (χ0n) is 19.0. The number of hydrogen-bond donors (Lipinski definition) is 0. The van der Waals surface area contributed by atoms with Crippen LogP contribution in [-0.4, -0.2) is 15.0 Å². The molecule has 0 N–H and O–H groups in total. The second-order valence-electron chi connectivity index (χ2n) is 8.59. The van der Waals surface area contributed by atoms with Gasteiger partial charge in [-0.25, -0.2) is 15.0 Å². The molecule has 5 heteroatoms. The Kier molecular flexibility index (Phi) is 4.79. The van der Waals surface area contributed by atoms with Crippen molar-refractivity contribution in [2.45, 2.75) is 0 Å². The van der Waals surface area contributed by atoms with Crippen molar-refractivity contribution >= 4 is 44.3 Å². The molecule has 7 rings (SSSR count). The van der Waals surface area contributed by atoms with Crippen LogP contribution in [0.3, 0.4) is 0 Å². The van der Waals surface area contributed by atoms with E-state index in [9.17, 15) is 0 Å². The van der Waals surface area contributed by atoms with E-state index in [1.54, 1.807) is 0 Å². The van der Waals surface area contributed by atoms with Crippen LogP contribution in [0.25, 0.3) is 66.9 Å². The Labute approximate surface area is 211 Å². The molecule has 0 saturated heterocycles. The van der Waals surface area contributed by atoms with E-state index in [1.165, 1.54) is 0 Å². The largest absolute Gasteiger partial charge is 0.455 e. The zero-order chi connectivity index (χ0) is 24.1. The number of fused-ring (bicyclic) bond motifs is 4. The van der Waals surface area contributed by atoms with Gasteiger partial charge in [-0.2, -0.15) is 0 Å². The second-order valence-corrected chi connectivity index (χ2v) is 9.00. The van der Waals surface area contributed by atoms with Gasteiger partial charge in [0.25, 0.3) is 0 Å². The van der Waals surface area contributed by atoms with Crippen LogP contribution in [0.2, 0.25) is 5.02 Å². The summed E-state index contributed by atoms with van der Waals surface area (Å²) < 4.78 is 6.30. The first kappa shape index (κ1) is 20.8. The highest BCUT2D eigenvalue weighted by molar-refractivity contribution is 6.36. The Morgan fingerprint density at radius 2 is 1.11 bits per heavy atom. The minimum atomic E-state index is 0.558. The monoisotopic (exact) mass is 483 g/mol. The van der Waals surface area contributed by atoms with E-state index in [4.69, 9.17) is 31.0 Å². The summed E-state index contributed by atoms with van der Waals surface area (Å²) in [5.74, 6) is 1.74. The lowest BCUT2D eigenvalue weighted by Gasteiger charge is -2.11. The van der Waals surface area contributed by atoms with Crippen LogP contribution in [0.15, 0.2) is 114 Å². The molecule has 4 nitrogen and oxygen atoms in total. The minimum Gasteiger partial charge on any atom is -0.455 e. The van der Waals surface area contributed by atoms with E-state index < -0.39 is 0 Å². The normalized spacial score (nSPS) is 11.5. The molecule has 0 unspecified atom stereocenters. The van der Waals surface area contributed by atoms with Crippen LogP contribution in [0.1, 0.15) is 0 Å². The topological polar surface area (TPSA) is 51.8 Å². The van der Waals surface area contributed by atoms with Crippen molar-refractivity contribution in [3.63, 3.8) is 0 Å². The molecule has 170 valence electrons. The molecule has 0 atom stereocenters. The van der Waals surface area contributed by atoms with E-state index >= 15 is 0 Å². The smallest absolute Gasteiger partial charge is 0.167 e. The van der Waals surface area contributed by atoms with Crippen molar-refractivity contribution in [1.29, 1.82) is 0 Å². The highest BCUT2D eigenvalue weighted by Gasteiger charge is 2.18. The quantitative estimate of drug-likeness (QED) is 0.252. The number of rotatable bonds is 3. The number of nitrogens with zero attached hydrogens (tertiary/aromatic N) is 3. The summed E-state index contributed by atoms with van der Waals surface area (Å²) in [6.07, 6.45) is 0. The molecule has 0 fully saturated rings. The van der Waals surface area contributed by atoms with Gasteiger partial charge in [0.05, 0.1) is 5.56 Å². The Bertz CT molecular complexity index is 1910. The van der Waals surface area contributed by atoms with Crippen molar-refractivity contribution in [3.05, 3.63) is 114 Å². The van der Waals surface area contributed by atoms with Gasteiger partial charge < -0.3 is 4.42 Å². The number of aromatic nitrogens is 3. The number of furan rings is 1. The molecular weight excluding hydrogens is 466 g/mol. The van der Waals surface area contributed by atoms with Gasteiger partial charge in [0, 0.05) is 32.3 Å². The van der Waals surface area contributed by atoms with Crippen LogP contribution < -0.4 is 0 Å².